The molecule has 7 heteroatoms. The summed E-state index contributed by atoms with van der Waals surface area (Å²) in [6.45, 7) is 19.0. The van der Waals surface area contributed by atoms with Gasteiger partial charge in [0, 0.05) is 16.7 Å². The van der Waals surface area contributed by atoms with E-state index in [0.29, 0.717) is 36.5 Å². The van der Waals surface area contributed by atoms with Gasteiger partial charge in [-0.05, 0) is 112 Å². The van der Waals surface area contributed by atoms with Gasteiger partial charge in [0.1, 0.15) is 30.1 Å². The molecule has 3 aromatic carbocycles. The third-order valence-electron chi connectivity index (χ3n) is 7.42. The van der Waals surface area contributed by atoms with Crippen molar-refractivity contribution in [3.8, 4) is 23.0 Å². The normalized spacial score (nSPS) is 14.3. The maximum absolute atomic E-state index is 11.7. The number of phenols is 1. The van der Waals surface area contributed by atoms with Gasteiger partial charge in [0.05, 0.1) is 6.10 Å². The molecule has 0 heterocycles. The number of aldehydes is 3. The second kappa shape index (κ2) is 12.6. The Morgan fingerprint density at radius 1 is 0.651 bits per heavy atom. The second-order valence-electron chi connectivity index (χ2n) is 14.7. The number of carbonyl (C=O) groups excluding carboxylic acids is 3. The van der Waals surface area contributed by atoms with Crippen molar-refractivity contribution in [1.82, 2.24) is 0 Å². The molecular weight excluding hydrogens is 544 g/mol. The minimum atomic E-state index is -0.684. The first-order chi connectivity index (χ1) is 19.8. The Balaban J connectivity index is 2.10. The molecule has 0 bridgehead atoms. The van der Waals surface area contributed by atoms with E-state index in [0.717, 1.165) is 40.4 Å². The van der Waals surface area contributed by atoms with Gasteiger partial charge in [0.2, 0.25) is 0 Å². The van der Waals surface area contributed by atoms with Crippen molar-refractivity contribution >= 4 is 40.4 Å². The molecule has 234 valence electrons. The lowest BCUT2D eigenvalue weighted by atomic mass is 9.83. The van der Waals surface area contributed by atoms with Gasteiger partial charge in [-0.25, -0.2) is 0 Å². The molecule has 0 radical (unpaired) electrons. The van der Waals surface area contributed by atoms with Crippen molar-refractivity contribution in [1.29, 1.82) is 0 Å². The monoisotopic (exact) mass is 592 g/mol. The van der Waals surface area contributed by atoms with E-state index in [1.54, 1.807) is 6.07 Å². The highest BCUT2D eigenvalue weighted by Gasteiger charge is 2.32. The molecule has 3 rings (SSSR count). The number of rotatable bonds is 15. The van der Waals surface area contributed by atoms with Crippen LogP contribution in [0.15, 0.2) is 36.4 Å². The fraction of sp³-hybridized carbons (Fsp3) is 0.528. The van der Waals surface area contributed by atoms with Crippen LogP contribution in [-0.2, 0) is 14.4 Å². The smallest absolute Gasteiger partial charge is 0.162 e. The summed E-state index contributed by atoms with van der Waals surface area (Å²) in [6, 6.07) is 11.3. The Hall–Kier alpha value is -3.61. The molecule has 1 N–H and O–H groups in total. The van der Waals surface area contributed by atoms with Crippen molar-refractivity contribution in [2.45, 2.75) is 106 Å². The summed E-state index contributed by atoms with van der Waals surface area (Å²) >= 11 is 0. The highest BCUT2D eigenvalue weighted by Crippen LogP contribution is 2.42. The zero-order chi connectivity index (χ0) is 32.4. The topological polar surface area (TPSA) is 99.1 Å². The molecule has 0 saturated heterocycles. The van der Waals surface area contributed by atoms with Crippen LogP contribution in [0.5, 0.6) is 23.0 Å². The van der Waals surface area contributed by atoms with Gasteiger partial charge in [0.15, 0.2) is 23.0 Å². The fourth-order valence-electron chi connectivity index (χ4n) is 5.96. The van der Waals surface area contributed by atoms with E-state index < -0.39 is 22.0 Å². The summed E-state index contributed by atoms with van der Waals surface area (Å²) < 4.78 is 19.1. The Bertz CT molecular complexity index is 1480. The summed E-state index contributed by atoms with van der Waals surface area (Å²) in [5.74, 6) is 1.25. The zero-order valence-electron chi connectivity index (χ0n) is 27.4. The van der Waals surface area contributed by atoms with Crippen LogP contribution >= 0.6 is 0 Å². The van der Waals surface area contributed by atoms with Gasteiger partial charge in [-0.2, -0.15) is 0 Å². The van der Waals surface area contributed by atoms with E-state index >= 15 is 0 Å². The van der Waals surface area contributed by atoms with Crippen LogP contribution in [-0.4, -0.2) is 41.3 Å². The van der Waals surface area contributed by atoms with E-state index in [4.69, 9.17) is 14.2 Å². The number of fused-ring (bicyclic) bond motifs is 2. The summed E-state index contributed by atoms with van der Waals surface area (Å²) in [5.41, 5.74) is -2.46. The van der Waals surface area contributed by atoms with Crippen LogP contribution in [0.4, 0.5) is 0 Å². The first kappa shape index (κ1) is 33.9. The van der Waals surface area contributed by atoms with Crippen LogP contribution in [0, 0.1) is 16.7 Å². The van der Waals surface area contributed by atoms with Crippen molar-refractivity contribution in [3.63, 3.8) is 0 Å². The number of ether oxygens (including phenoxy) is 3. The number of phenolic OH excluding ortho intramolecular Hbond substituents is 1. The van der Waals surface area contributed by atoms with Gasteiger partial charge in [-0.3, -0.25) is 0 Å². The van der Waals surface area contributed by atoms with Crippen LogP contribution in [0.2, 0.25) is 0 Å². The third-order valence-corrected chi connectivity index (χ3v) is 7.42. The van der Waals surface area contributed by atoms with Crippen molar-refractivity contribution in [2.24, 2.45) is 16.7 Å². The summed E-state index contributed by atoms with van der Waals surface area (Å²) in [5, 5.41) is 14.3. The van der Waals surface area contributed by atoms with Crippen molar-refractivity contribution in [2.75, 3.05) is 0 Å². The first-order valence-electron chi connectivity index (χ1n) is 14.9. The molecule has 0 aromatic heterocycles. The Labute approximate surface area is 255 Å². The lowest BCUT2D eigenvalue weighted by Gasteiger charge is -2.33. The van der Waals surface area contributed by atoms with Crippen molar-refractivity contribution < 1.29 is 33.7 Å². The molecule has 7 nitrogen and oxygen atoms in total. The first-order valence-corrected chi connectivity index (χ1v) is 14.9. The highest BCUT2D eigenvalue weighted by atomic mass is 16.5. The van der Waals surface area contributed by atoms with Crippen molar-refractivity contribution in [3.05, 3.63) is 36.4 Å². The van der Waals surface area contributed by atoms with Crippen LogP contribution in [0.3, 0.4) is 0 Å². The number of hydrogen-bond acceptors (Lipinski definition) is 7. The Kier molecular flexibility index (Phi) is 9.89. The predicted molar refractivity (Wildman–Crippen MR) is 171 cm³/mol. The molecule has 43 heavy (non-hydrogen) atoms. The van der Waals surface area contributed by atoms with Gasteiger partial charge >= 0.3 is 0 Å². The predicted octanol–water partition coefficient (Wildman–Crippen LogP) is 8.24. The van der Waals surface area contributed by atoms with E-state index in [1.165, 1.54) is 0 Å². The molecule has 0 fully saturated rings. The minimum Gasteiger partial charge on any atom is -0.504 e. The molecule has 2 unspecified atom stereocenters. The Morgan fingerprint density at radius 3 is 1.67 bits per heavy atom. The van der Waals surface area contributed by atoms with Gasteiger partial charge in [0.25, 0.3) is 0 Å². The SMILES string of the molecule is CC(C=O)CC(C)(C)Oc1cc2cc3cc(OC(C)CC(C)(C)C=O)c(OC(C)(C)CC(C)(C)C=O)cc3cc2cc1O. The molecule has 0 spiro atoms. The minimum absolute atomic E-state index is 0.0129. The van der Waals surface area contributed by atoms with Gasteiger partial charge < -0.3 is 33.7 Å². The number of hydrogen-bond donors (Lipinski definition) is 1. The average Bonchev–Trinajstić information content (AvgIpc) is 2.87. The molecule has 3 aromatic rings. The maximum Gasteiger partial charge on any atom is 0.162 e. The molecule has 0 aliphatic heterocycles. The molecule has 2 atom stereocenters. The molecular formula is C36H48O7. The highest BCUT2D eigenvalue weighted by molar-refractivity contribution is 6.00. The standard InChI is InChI=1S/C36H48O7/c1-23(19-37)17-35(7,8)42-30-14-26-12-27-15-31(41-24(2)18-33(3,4)21-38)32(16-28(27)11-25(26)13-29(30)40)43-36(9,10)20-34(5,6)22-39/h11-16,19,21-24,40H,17-18,20H2,1-10H3. The number of aromatic hydroxyl groups is 1. The van der Waals surface area contributed by atoms with E-state index in [9.17, 15) is 19.5 Å². The van der Waals surface area contributed by atoms with E-state index in [2.05, 4.69) is 0 Å². The lowest BCUT2D eigenvalue weighted by Crippen LogP contribution is -2.35. The van der Waals surface area contributed by atoms with E-state index in [-0.39, 0.29) is 17.8 Å². The van der Waals surface area contributed by atoms with Crippen LogP contribution < -0.4 is 14.2 Å². The lowest BCUT2D eigenvalue weighted by molar-refractivity contribution is -0.117. The third kappa shape index (κ3) is 9.19. The van der Waals surface area contributed by atoms with E-state index in [1.807, 2.05) is 99.6 Å². The largest absolute Gasteiger partial charge is 0.504 e. The van der Waals surface area contributed by atoms with Gasteiger partial charge in [-0.1, -0.05) is 34.6 Å². The molecule has 0 aliphatic rings. The van der Waals surface area contributed by atoms with Crippen LogP contribution in [0.25, 0.3) is 21.5 Å². The van der Waals surface area contributed by atoms with Gasteiger partial charge in [-0.15, -0.1) is 0 Å². The molecule has 0 aliphatic carbocycles. The zero-order valence-corrected chi connectivity index (χ0v) is 27.4. The number of carbonyl (C=O) groups is 3. The quantitative estimate of drug-likeness (QED) is 0.140. The van der Waals surface area contributed by atoms with Crippen LogP contribution in [0.1, 0.15) is 88.5 Å². The number of benzene rings is 3. The average molecular weight is 593 g/mol. The fourth-order valence-corrected chi connectivity index (χ4v) is 5.96. The maximum atomic E-state index is 11.7. The summed E-state index contributed by atoms with van der Waals surface area (Å²) in [6.07, 6.45) is 4.03. The second-order valence-corrected chi connectivity index (χ2v) is 14.7. The summed E-state index contributed by atoms with van der Waals surface area (Å²) in [4.78, 5) is 34.5. The Morgan fingerprint density at radius 2 is 1.14 bits per heavy atom. The summed E-state index contributed by atoms with van der Waals surface area (Å²) in [7, 11) is 0. The molecule has 0 saturated carbocycles. The molecule has 0 amide bonds.